The second-order valence-electron chi connectivity index (χ2n) is 3.74. The summed E-state index contributed by atoms with van der Waals surface area (Å²) in [6.45, 7) is 6.37. The first kappa shape index (κ1) is 11.5. The standard InChI is InChI=1S/C15H18/c1-13-9-7-5-4-6-8-10-14(2)15(3)12-11-13/h4-12H,1-3H3. The Bertz CT molecular complexity index is 382. The Hall–Kier alpha value is -1.56. The molecule has 0 saturated heterocycles. The Kier molecular flexibility index (Phi) is 4.62. The van der Waals surface area contributed by atoms with Gasteiger partial charge in [-0.15, -0.1) is 0 Å². The van der Waals surface area contributed by atoms with Crippen LogP contribution in [0, 0.1) is 0 Å². The van der Waals surface area contributed by atoms with Crippen molar-refractivity contribution in [3.8, 4) is 0 Å². The third-order valence-corrected chi connectivity index (χ3v) is 2.37. The molecule has 0 heteroatoms. The highest BCUT2D eigenvalue weighted by Crippen LogP contribution is 2.09. The van der Waals surface area contributed by atoms with Crippen LogP contribution in [-0.2, 0) is 0 Å². The van der Waals surface area contributed by atoms with Crippen molar-refractivity contribution in [2.75, 3.05) is 0 Å². The molecular weight excluding hydrogens is 180 g/mol. The minimum absolute atomic E-state index is 1.26. The van der Waals surface area contributed by atoms with E-state index in [-0.39, 0.29) is 0 Å². The van der Waals surface area contributed by atoms with Crippen molar-refractivity contribution in [1.29, 1.82) is 0 Å². The van der Waals surface area contributed by atoms with Crippen LogP contribution < -0.4 is 0 Å². The SMILES string of the molecule is CC1=CC=CC=CC=CC(C)=C(C)C=C1. The fourth-order valence-corrected chi connectivity index (χ4v) is 1.17. The van der Waals surface area contributed by atoms with Gasteiger partial charge in [-0.1, -0.05) is 60.3 Å². The van der Waals surface area contributed by atoms with Crippen LogP contribution in [0.1, 0.15) is 20.8 Å². The van der Waals surface area contributed by atoms with E-state index in [4.69, 9.17) is 0 Å². The molecule has 0 radical (unpaired) electrons. The predicted octanol–water partition coefficient (Wildman–Crippen LogP) is 4.51. The van der Waals surface area contributed by atoms with Gasteiger partial charge >= 0.3 is 0 Å². The van der Waals surface area contributed by atoms with Gasteiger partial charge in [0.05, 0.1) is 0 Å². The van der Waals surface area contributed by atoms with Crippen molar-refractivity contribution >= 4 is 0 Å². The Balaban J connectivity index is 3.02. The lowest BCUT2D eigenvalue weighted by Gasteiger charge is -1.97. The summed E-state index contributed by atoms with van der Waals surface area (Å²) in [5.74, 6) is 0. The van der Waals surface area contributed by atoms with Crippen molar-refractivity contribution in [1.82, 2.24) is 0 Å². The summed E-state index contributed by atoms with van der Waals surface area (Å²) in [7, 11) is 0. The lowest BCUT2D eigenvalue weighted by atomic mass is 10.1. The number of allylic oxidation sites excluding steroid dienone is 12. The van der Waals surface area contributed by atoms with Crippen molar-refractivity contribution in [2.24, 2.45) is 0 Å². The molecule has 0 nitrogen and oxygen atoms in total. The van der Waals surface area contributed by atoms with Gasteiger partial charge in [-0.05, 0) is 31.9 Å². The van der Waals surface area contributed by atoms with Gasteiger partial charge in [0.15, 0.2) is 0 Å². The first-order chi connectivity index (χ1) is 7.20. The van der Waals surface area contributed by atoms with E-state index in [0.717, 1.165) is 0 Å². The maximum absolute atomic E-state index is 2.16. The smallest absolute Gasteiger partial charge is 0.0395 e. The van der Waals surface area contributed by atoms with E-state index in [1.165, 1.54) is 16.7 Å². The summed E-state index contributed by atoms with van der Waals surface area (Å²) < 4.78 is 0. The maximum atomic E-state index is 2.16. The fourth-order valence-electron chi connectivity index (χ4n) is 1.17. The summed E-state index contributed by atoms with van der Waals surface area (Å²) in [6.07, 6.45) is 18.8. The summed E-state index contributed by atoms with van der Waals surface area (Å²) >= 11 is 0. The van der Waals surface area contributed by atoms with Crippen LogP contribution in [-0.4, -0.2) is 0 Å². The molecule has 0 spiro atoms. The molecule has 1 aliphatic rings. The highest BCUT2D eigenvalue weighted by atomic mass is 13.9. The minimum Gasteiger partial charge on any atom is -0.0623 e. The summed E-state index contributed by atoms with van der Waals surface area (Å²) in [5, 5.41) is 0. The molecule has 1 aliphatic carbocycles. The largest absolute Gasteiger partial charge is 0.0623 e. The number of hydrogen-bond donors (Lipinski definition) is 0. The van der Waals surface area contributed by atoms with Crippen LogP contribution >= 0.6 is 0 Å². The molecule has 0 aromatic rings. The molecule has 0 fully saturated rings. The number of rotatable bonds is 0. The van der Waals surface area contributed by atoms with Gasteiger partial charge in [-0.2, -0.15) is 0 Å². The molecule has 0 saturated carbocycles. The van der Waals surface area contributed by atoms with E-state index in [9.17, 15) is 0 Å². The molecule has 1 rings (SSSR count). The Labute approximate surface area is 92.7 Å². The average molecular weight is 198 g/mol. The third kappa shape index (κ3) is 4.46. The van der Waals surface area contributed by atoms with E-state index in [2.05, 4.69) is 57.2 Å². The van der Waals surface area contributed by atoms with Gasteiger partial charge in [0.2, 0.25) is 0 Å². The lowest BCUT2D eigenvalue weighted by Crippen LogP contribution is -1.77. The maximum Gasteiger partial charge on any atom is -0.0395 e. The normalized spacial score (nSPS) is 17.4. The zero-order valence-corrected chi connectivity index (χ0v) is 9.70. The van der Waals surface area contributed by atoms with Crippen LogP contribution in [0.15, 0.2) is 71.4 Å². The summed E-state index contributed by atoms with van der Waals surface area (Å²) in [6, 6.07) is 0. The van der Waals surface area contributed by atoms with Gasteiger partial charge < -0.3 is 0 Å². The van der Waals surface area contributed by atoms with Gasteiger partial charge in [0.1, 0.15) is 0 Å². The van der Waals surface area contributed by atoms with E-state index >= 15 is 0 Å². The van der Waals surface area contributed by atoms with Crippen LogP contribution in [0.4, 0.5) is 0 Å². The molecule has 0 unspecified atom stereocenters. The van der Waals surface area contributed by atoms with E-state index in [0.29, 0.717) is 0 Å². The Morgan fingerprint density at radius 1 is 0.600 bits per heavy atom. The quantitative estimate of drug-likeness (QED) is 0.537. The van der Waals surface area contributed by atoms with Crippen LogP contribution in [0.2, 0.25) is 0 Å². The average Bonchev–Trinajstić information content (AvgIpc) is 2.22. The fraction of sp³-hybridized carbons (Fsp3) is 0.200. The summed E-state index contributed by atoms with van der Waals surface area (Å²) in [4.78, 5) is 0. The van der Waals surface area contributed by atoms with Gasteiger partial charge in [0, 0.05) is 0 Å². The van der Waals surface area contributed by atoms with Crippen LogP contribution in [0.5, 0.6) is 0 Å². The molecule has 0 heterocycles. The lowest BCUT2D eigenvalue weighted by molar-refractivity contribution is 1.36. The second-order valence-corrected chi connectivity index (χ2v) is 3.74. The Morgan fingerprint density at radius 3 is 2.00 bits per heavy atom. The first-order valence-electron chi connectivity index (χ1n) is 5.24. The predicted molar refractivity (Wildman–Crippen MR) is 68.7 cm³/mol. The van der Waals surface area contributed by atoms with Crippen LogP contribution in [0.25, 0.3) is 0 Å². The molecule has 0 bridgehead atoms. The van der Waals surface area contributed by atoms with Gasteiger partial charge in [0.25, 0.3) is 0 Å². The topological polar surface area (TPSA) is 0 Å². The zero-order valence-electron chi connectivity index (χ0n) is 9.70. The van der Waals surface area contributed by atoms with E-state index in [1.807, 2.05) is 18.2 Å². The molecule has 15 heavy (non-hydrogen) atoms. The highest BCUT2D eigenvalue weighted by Gasteiger charge is 1.88. The van der Waals surface area contributed by atoms with Crippen molar-refractivity contribution in [3.05, 3.63) is 71.4 Å². The van der Waals surface area contributed by atoms with E-state index in [1.54, 1.807) is 0 Å². The zero-order chi connectivity index (χ0) is 11.1. The minimum atomic E-state index is 1.26. The van der Waals surface area contributed by atoms with Gasteiger partial charge in [-0.25, -0.2) is 0 Å². The van der Waals surface area contributed by atoms with Crippen LogP contribution in [0.3, 0.4) is 0 Å². The highest BCUT2D eigenvalue weighted by molar-refractivity contribution is 5.36. The van der Waals surface area contributed by atoms with Gasteiger partial charge in [-0.3, -0.25) is 0 Å². The molecule has 0 amide bonds. The molecule has 0 aliphatic heterocycles. The van der Waals surface area contributed by atoms with Crippen molar-refractivity contribution in [2.45, 2.75) is 20.8 Å². The molecular formula is C15H18. The first-order valence-corrected chi connectivity index (χ1v) is 5.24. The van der Waals surface area contributed by atoms with Crippen molar-refractivity contribution < 1.29 is 0 Å². The number of hydrogen-bond acceptors (Lipinski definition) is 0. The molecule has 78 valence electrons. The summed E-state index contributed by atoms with van der Waals surface area (Å²) in [5.41, 5.74) is 3.86. The molecule has 0 aromatic carbocycles. The van der Waals surface area contributed by atoms with E-state index < -0.39 is 0 Å². The third-order valence-electron chi connectivity index (χ3n) is 2.37. The van der Waals surface area contributed by atoms with Crippen molar-refractivity contribution in [3.63, 3.8) is 0 Å². The molecule has 0 atom stereocenters. The molecule has 0 N–H and O–H groups in total. The monoisotopic (exact) mass is 198 g/mol. The second kappa shape index (κ2) is 6.02. The Morgan fingerprint density at radius 2 is 1.20 bits per heavy atom. The molecule has 0 aromatic heterocycles.